The summed E-state index contributed by atoms with van der Waals surface area (Å²) >= 11 is 1.68. The van der Waals surface area contributed by atoms with Gasteiger partial charge in [-0.05, 0) is 24.6 Å². The van der Waals surface area contributed by atoms with E-state index in [-0.39, 0.29) is 11.9 Å². The van der Waals surface area contributed by atoms with Crippen molar-refractivity contribution < 1.29 is 4.39 Å². The van der Waals surface area contributed by atoms with Crippen molar-refractivity contribution in [2.75, 3.05) is 6.54 Å². The Morgan fingerprint density at radius 1 is 1.28 bits per heavy atom. The van der Waals surface area contributed by atoms with E-state index >= 15 is 0 Å². The van der Waals surface area contributed by atoms with Gasteiger partial charge in [0.05, 0.1) is 5.01 Å². The van der Waals surface area contributed by atoms with Gasteiger partial charge in [-0.25, -0.2) is 9.37 Å². The molecule has 2 unspecified atom stereocenters. The minimum Gasteiger partial charge on any atom is -0.310 e. The minimum atomic E-state index is -0.192. The average molecular weight is 264 g/mol. The van der Waals surface area contributed by atoms with Gasteiger partial charge in [-0.2, -0.15) is 0 Å². The third-order valence-electron chi connectivity index (χ3n) is 2.97. The molecule has 2 atom stereocenters. The van der Waals surface area contributed by atoms with Crippen LogP contribution in [0.25, 0.3) is 0 Å². The molecule has 96 valence electrons. The molecule has 0 aliphatic carbocycles. The topological polar surface area (TPSA) is 24.9 Å². The van der Waals surface area contributed by atoms with Crippen molar-refractivity contribution >= 4 is 11.3 Å². The third kappa shape index (κ3) is 3.37. The molecule has 2 nitrogen and oxygen atoms in total. The zero-order valence-electron chi connectivity index (χ0n) is 10.6. The summed E-state index contributed by atoms with van der Waals surface area (Å²) in [6, 6.07) is 6.85. The van der Waals surface area contributed by atoms with Crippen molar-refractivity contribution in [1.82, 2.24) is 10.3 Å². The zero-order chi connectivity index (χ0) is 13.0. The first-order valence-corrected chi connectivity index (χ1v) is 6.93. The van der Waals surface area contributed by atoms with Crippen molar-refractivity contribution in [3.63, 3.8) is 0 Å². The maximum absolute atomic E-state index is 12.8. The lowest BCUT2D eigenvalue weighted by atomic mass is 10.1. The molecule has 1 N–H and O–H groups in total. The number of nitrogens with zero attached hydrogens (tertiary/aromatic N) is 1. The molecule has 4 heteroatoms. The second kappa shape index (κ2) is 6.07. The number of benzene rings is 1. The lowest BCUT2D eigenvalue weighted by Gasteiger charge is -2.17. The second-order valence-electron chi connectivity index (χ2n) is 4.45. The minimum absolute atomic E-state index is 0.192. The maximum atomic E-state index is 12.8. The van der Waals surface area contributed by atoms with Crippen LogP contribution in [-0.4, -0.2) is 11.5 Å². The smallest absolute Gasteiger partial charge is 0.123 e. The van der Waals surface area contributed by atoms with E-state index in [0.717, 1.165) is 17.1 Å². The predicted octanol–water partition coefficient (Wildman–Crippen LogP) is 3.74. The van der Waals surface area contributed by atoms with Crippen LogP contribution in [0.1, 0.15) is 36.4 Å². The SMILES string of the molecule is CC(CNC(C)c1ccc(F)cc1)c1nccs1. The number of hydrogen-bond donors (Lipinski definition) is 1. The van der Waals surface area contributed by atoms with Crippen LogP contribution in [0, 0.1) is 5.82 Å². The second-order valence-corrected chi connectivity index (χ2v) is 5.38. The molecule has 2 rings (SSSR count). The molecule has 0 aliphatic rings. The van der Waals surface area contributed by atoms with Gasteiger partial charge in [-0.1, -0.05) is 19.1 Å². The van der Waals surface area contributed by atoms with Crippen LogP contribution in [0.3, 0.4) is 0 Å². The molecule has 1 aromatic heterocycles. The summed E-state index contributed by atoms with van der Waals surface area (Å²) in [7, 11) is 0. The van der Waals surface area contributed by atoms with Gasteiger partial charge in [-0.15, -0.1) is 11.3 Å². The highest BCUT2D eigenvalue weighted by Crippen LogP contribution is 2.18. The Kier molecular flexibility index (Phi) is 4.44. The van der Waals surface area contributed by atoms with Crippen LogP contribution in [-0.2, 0) is 0 Å². The molecule has 0 aliphatic heterocycles. The molecular formula is C14H17FN2S. The monoisotopic (exact) mass is 264 g/mol. The predicted molar refractivity (Wildman–Crippen MR) is 73.3 cm³/mol. The van der Waals surface area contributed by atoms with Crippen molar-refractivity contribution in [3.05, 3.63) is 52.2 Å². The molecule has 0 spiro atoms. The molecule has 0 saturated carbocycles. The van der Waals surface area contributed by atoms with E-state index in [1.165, 1.54) is 12.1 Å². The van der Waals surface area contributed by atoms with E-state index < -0.39 is 0 Å². The Morgan fingerprint density at radius 3 is 2.61 bits per heavy atom. The van der Waals surface area contributed by atoms with E-state index in [9.17, 15) is 4.39 Å². The Labute approximate surface area is 111 Å². The molecular weight excluding hydrogens is 247 g/mol. The van der Waals surface area contributed by atoms with E-state index in [1.807, 2.05) is 23.7 Å². The third-order valence-corrected chi connectivity index (χ3v) is 3.98. The number of rotatable bonds is 5. The number of halogens is 1. The van der Waals surface area contributed by atoms with Crippen LogP contribution < -0.4 is 5.32 Å². The summed E-state index contributed by atoms with van der Waals surface area (Å²) in [5.74, 6) is 0.204. The molecule has 0 bridgehead atoms. The average Bonchev–Trinajstić information content (AvgIpc) is 2.90. The van der Waals surface area contributed by atoms with Crippen LogP contribution in [0.15, 0.2) is 35.8 Å². The number of nitrogens with one attached hydrogen (secondary N) is 1. The molecule has 2 aromatic rings. The van der Waals surface area contributed by atoms with Crippen LogP contribution >= 0.6 is 11.3 Å². The van der Waals surface area contributed by atoms with Gasteiger partial charge in [0, 0.05) is 30.1 Å². The lowest BCUT2D eigenvalue weighted by molar-refractivity contribution is 0.534. The summed E-state index contributed by atoms with van der Waals surface area (Å²) < 4.78 is 12.8. The highest BCUT2D eigenvalue weighted by atomic mass is 32.1. The molecule has 1 heterocycles. The highest BCUT2D eigenvalue weighted by Gasteiger charge is 2.10. The molecule has 0 fully saturated rings. The van der Waals surface area contributed by atoms with Crippen molar-refractivity contribution in [2.24, 2.45) is 0 Å². The van der Waals surface area contributed by atoms with Crippen LogP contribution in [0.5, 0.6) is 0 Å². The van der Waals surface area contributed by atoms with Gasteiger partial charge in [0.25, 0.3) is 0 Å². The first-order valence-electron chi connectivity index (χ1n) is 6.05. The number of thiazole rings is 1. The fourth-order valence-corrected chi connectivity index (χ4v) is 2.49. The fourth-order valence-electron chi connectivity index (χ4n) is 1.79. The molecule has 0 radical (unpaired) electrons. The Balaban J connectivity index is 1.88. The van der Waals surface area contributed by atoms with Gasteiger partial charge < -0.3 is 5.32 Å². The van der Waals surface area contributed by atoms with Crippen LogP contribution in [0.2, 0.25) is 0 Å². The quantitative estimate of drug-likeness (QED) is 0.890. The normalized spacial score (nSPS) is 14.4. The van der Waals surface area contributed by atoms with E-state index in [2.05, 4.69) is 24.1 Å². The van der Waals surface area contributed by atoms with E-state index in [1.54, 1.807) is 11.3 Å². The van der Waals surface area contributed by atoms with E-state index in [4.69, 9.17) is 0 Å². The highest BCUT2D eigenvalue weighted by molar-refractivity contribution is 7.09. The number of aromatic nitrogens is 1. The van der Waals surface area contributed by atoms with Gasteiger partial charge in [0.15, 0.2) is 0 Å². The Bertz CT molecular complexity index is 467. The standard InChI is InChI=1S/C14H17FN2S/c1-10(14-16-7-8-18-14)9-17-11(2)12-3-5-13(15)6-4-12/h3-8,10-11,17H,9H2,1-2H3. The maximum Gasteiger partial charge on any atom is 0.123 e. The molecule has 1 aromatic carbocycles. The summed E-state index contributed by atoms with van der Waals surface area (Å²) in [4.78, 5) is 4.31. The Morgan fingerprint density at radius 2 is 2.00 bits per heavy atom. The van der Waals surface area contributed by atoms with Gasteiger partial charge in [-0.3, -0.25) is 0 Å². The van der Waals surface area contributed by atoms with Gasteiger partial charge in [0.2, 0.25) is 0 Å². The summed E-state index contributed by atoms with van der Waals surface area (Å²) in [6.07, 6.45) is 1.83. The Hall–Kier alpha value is -1.26. The summed E-state index contributed by atoms with van der Waals surface area (Å²) in [5.41, 5.74) is 1.10. The largest absolute Gasteiger partial charge is 0.310 e. The summed E-state index contributed by atoms with van der Waals surface area (Å²) in [5, 5.41) is 6.59. The van der Waals surface area contributed by atoms with Crippen molar-refractivity contribution in [1.29, 1.82) is 0 Å². The molecule has 18 heavy (non-hydrogen) atoms. The fraction of sp³-hybridized carbons (Fsp3) is 0.357. The van der Waals surface area contributed by atoms with Crippen molar-refractivity contribution in [3.8, 4) is 0 Å². The summed E-state index contributed by atoms with van der Waals surface area (Å²) in [6.45, 7) is 5.11. The molecule has 0 amide bonds. The lowest BCUT2D eigenvalue weighted by Crippen LogP contribution is -2.23. The first-order chi connectivity index (χ1) is 8.66. The van der Waals surface area contributed by atoms with Crippen LogP contribution in [0.4, 0.5) is 4.39 Å². The van der Waals surface area contributed by atoms with E-state index in [0.29, 0.717) is 5.92 Å². The van der Waals surface area contributed by atoms with Crippen molar-refractivity contribution in [2.45, 2.75) is 25.8 Å². The molecule has 0 saturated heterocycles. The first kappa shape index (κ1) is 13.2. The zero-order valence-corrected chi connectivity index (χ0v) is 11.4. The van der Waals surface area contributed by atoms with Gasteiger partial charge in [0.1, 0.15) is 5.82 Å². The van der Waals surface area contributed by atoms with Gasteiger partial charge >= 0.3 is 0 Å². The number of hydrogen-bond acceptors (Lipinski definition) is 3.